The Kier molecular flexibility index (Phi) is 52.6. The van der Waals surface area contributed by atoms with E-state index >= 15 is 0 Å². The van der Waals surface area contributed by atoms with Gasteiger partial charge in [-0.25, -0.2) is 4.57 Å². The molecule has 0 aliphatic carbocycles. The Morgan fingerprint density at radius 2 is 0.953 bits per heavy atom. The first kappa shape index (κ1) is 66.5. The number of phosphoric ester groups is 1. The molecule has 0 aromatic rings. The van der Waals surface area contributed by atoms with Gasteiger partial charge in [-0.3, -0.25) is 28.0 Å². The number of quaternary nitrogens is 1. The van der Waals surface area contributed by atoms with Gasteiger partial charge in [0.2, 0.25) is 0 Å². The number of hydrogen-bond donors (Lipinski definition) is 1. The molecule has 0 bridgehead atoms. The molecular formula is C52H105NO10P+. The van der Waals surface area contributed by atoms with Crippen molar-refractivity contribution in [3.63, 3.8) is 0 Å². The van der Waals surface area contributed by atoms with E-state index in [-0.39, 0.29) is 57.3 Å². The molecule has 11 nitrogen and oxygen atoms in total. The lowest BCUT2D eigenvalue weighted by atomic mass is 10.0. The highest BCUT2D eigenvalue weighted by Crippen LogP contribution is 2.49. The van der Waals surface area contributed by atoms with E-state index in [1.54, 1.807) is 6.92 Å². The summed E-state index contributed by atoms with van der Waals surface area (Å²) in [7, 11) is 2.52. The summed E-state index contributed by atoms with van der Waals surface area (Å²) < 4.78 is 40.2. The van der Waals surface area contributed by atoms with Crippen molar-refractivity contribution in [3.05, 3.63) is 12.2 Å². The molecule has 0 saturated heterocycles. The Bertz CT molecular complexity index is 1080. The summed E-state index contributed by atoms with van der Waals surface area (Å²) in [6.45, 7) is 14.1. The number of likely N-dealkylation sites (N-methyl/N-ethyl adjacent to an activating group) is 1. The average Bonchev–Trinajstić information content (AvgIpc) is 3.25. The quantitative estimate of drug-likeness (QED) is 0.0207. The maximum Gasteiger partial charge on any atom is 0.474 e. The molecule has 0 saturated carbocycles. The Morgan fingerprint density at radius 3 is 1.42 bits per heavy atom. The van der Waals surface area contributed by atoms with Gasteiger partial charge in [0.15, 0.2) is 0 Å². The first-order valence-electron chi connectivity index (χ1n) is 26.4. The lowest BCUT2D eigenvalue weighted by molar-refractivity contribution is -0.870. The van der Waals surface area contributed by atoms with Gasteiger partial charge >= 0.3 is 25.7 Å². The van der Waals surface area contributed by atoms with Crippen LogP contribution in [0.2, 0.25) is 0 Å². The van der Waals surface area contributed by atoms with Crippen LogP contribution in [0.15, 0.2) is 12.2 Å². The molecule has 382 valence electrons. The second-order valence-corrected chi connectivity index (χ2v) is 19.6. The fourth-order valence-electron chi connectivity index (χ4n) is 6.73. The Morgan fingerprint density at radius 1 is 0.516 bits per heavy atom. The van der Waals surface area contributed by atoms with E-state index in [0.717, 1.165) is 51.4 Å². The molecule has 0 fully saturated rings. The van der Waals surface area contributed by atoms with Crippen LogP contribution in [-0.2, 0) is 42.0 Å². The lowest BCUT2D eigenvalue weighted by Gasteiger charge is -2.24. The van der Waals surface area contributed by atoms with Crippen LogP contribution in [-0.4, -0.2) is 87.7 Å². The number of unbranched alkanes of at least 4 members (excludes halogenated alkanes) is 21. The van der Waals surface area contributed by atoms with Crippen molar-refractivity contribution in [3.8, 4) is 0 Å². The molecular weight excluding hydrogens is 830 g/mol. The summed E-state index contributed by atoms with van der Waals surface area (Å²) in [5.74, 6) is -1.26. The predicted octanol–water partition coefficient (Wildman–Crippen LogP) is 15.5. The van der Waals surface area contributed by atoms with Crippen LogP contribution in [0.1, 0.15) is 247 Å². The minimum Gasteiger partial charge on any atom is -0.481 e. The number of nitrogens with zero attached hydrogens (tertiary/aromatic N) is 1. The van der Waals surface area contributed by atoms with Gasteiger partial charge in [0, 0.05) is 25.7 Å². The molecule has 0 radical (unpaired) electrons. The van der Waals surface area contributed by atoms with Gasteiger partial charge in [-0.2, -0.15) is 0 Å². The highest BCUT2D eigenvalue weighted by atomic mass is 31.2. The highest BCUT2D eigenvalue weighted by molar-refractivity contribution is 7.48. The summed E-state index contributed by atoms with van der Waals surface area (Å²) in [5, 5.41) is 8.67. The standard InChI is InChI=1S/C28H57NO6P.C22H42O4.C2H6/c1-6-8-9-10-11-12-13-14-15-16-17-18-19-20-21-23-28(30)32-25-22-26-34-36(31,33-7-2)35-27-24-29(3,4)5;1-3-5-7-9-11-13-16-20(17-14-12-10-8-6-4-2)26-22(25)19-15-18-21(23)24;1-2/h14-15H,6-13,16-27H2,1-5H3;20H,3-19H2,1-2H3,(H,23,24);1-2H3/q+1;;/b15-14-;;. The fraction of sp³-hybridized carbons (Fsp3) is 0.904. The number of carboxylic acids is 1. The number of ether oxygens (including phenoxy) is 2. The third-order valence-corrected chi connectivity index (χ3v) is 12.1. The Hall–Kier alpha value is -1.78. The lowest BCUT2D eigenvalue weighted by Crippen LogP contribution is -2.37. The largest absolute Gasteiger partial charge is 0.481 e. The minimum absolute atomic E-state index is 0.0182. The molecule has 1 atom stereocenters. The number of carboxylic acid groups (broad SMARTS) is 1. The summed E-state index contributed by atoms with van der Waals surface area (Å²) in [4.78, 5) is 34.4. The summed E-state index contributed by atoms with van der Waals surface area (Å²) in [6.07, 6.45) is 39.1. The third kappa shape index (κ3) is 54.6. The number of phosphoric acid groups is 1. The van der Waals surface area contributed by atoms with Crippen molar-refractivity contribution in [1.82, 2.24) is 0 Å². The second kappa shape index (κ2) is 50.6. The summed E-state index contributed by atoms with van der Waals surface area (Å²) >= 11 is 0. The molecule has 12 heteroatoms. The van der Waals surface area contributed by atoms with Gasteiger partial charge in [-0.1, -0.05) is 162 Å². The van der Waals surface area contributed by atoms with Gasteiger partial charge < -0.3 is 19.1 Å². The number of rotatable bonds is 45. The van der Waals surface area contributed by atoms with E-state index in [2.05, 4.69) is 32.9 Å². The van der Waals surface area contributed by atoms with Gasteiger partial charge in [0.25, 0.3) is 0 Å². The fourth-order valence-corrected chi connectivity index (χ4v) is 7.92. The molecule has 0 aliphatic rings. The number of carbonyl (C=O) groups excluding carboxylic acids is 2. The minimum atomic E-state index is -3.57. The molecule has 0 aliphatic heterocycles. The molecule has 0 aromatic carbocycles. The van der Waals surface area contributed by atoms with Crippen molar-refractivity contribution >= 4 is 25.7 Å². The van der Waals surface area contributed by atoms with Gasteiger partial charge in [-0.15, -0.1) is 0 Å². The molecule has 0 aromatic heterocycles. The zero-order valence-corrected chi connectivity index (χ0v) is 44.3. The van der Waals surface area contributed by atoms with E-state index in [1.807, 2.05) is 35.0 Å². The molecule has 0 amide bonds. The Balaban J connectivity index is -0.00000117. The monoisotopic (exact) mass is 935 g/mol. The average molecular weight is 935 g/mol. The van der Waals surface area contributed by atoms with Crippen LogP contribution in [0.3, 0.4) is 0 Å². The van der Waals surface area contributed by atoms with E-state index in [0.29, 0.717) is 30.3 Å². The maximum absolute atomic E-state index is 12.6. The SMILES string of the molecule is CC.CCCCCCCC/C=C\CCCCCCCC(=O)OCCCOP(=O)(OCC)OCC[N+](C)(C)C.CCCCCCCCC(CCCCCCCC)OC(=O)CCCC(=O)O. The maximum atomic E-state index is 12.6. The number of carbonyl (C=O) groups is 3. The van der Waals surface area contributed by atoms with E-state index in [4.69, 9.17) is 28.2 Å². The zero-order chi connectivity index (χ0) is 48.4. The first-order chi connectivity index (χ1) is 30.8. The van der Waals surface area contributed by atoms with Crippen LogP contribution < -0.4 is 0 Å². The van der Waals surface area contributed by atoms with Gasteiger partial charge in [-0.05, 0) is 71.1 Å². The van der Waals surface area contributed by atoms with Crippen molar-refractivity contribution < 1.29 is 51.6 Å². The van der Waals surface area contributed by atoms with Gasteiger partial charge in [0.1, 0.15) is 19.3 Å². The molecule has 1 unspecified atom stereocenters. The second-order valence-electron chi connectivity index (χ2n) is 17.9. The zero-order valence-electron chi connectivity index (χ0n) is 43.4. The summed E-state index contributed by atoms with van der Waals surface area (Å²) in [5.41, 5.74) is 0. The van der Waals surface area contributed by atoms with Crippen LogP contribution in [0.4, 0.5) is 0 Å². The molecule has 0 spiro atoms. The number of hydrogen-bond acceptors (Lipinski definition) is 9. The topological polar surface area (TPSA) is 135 Å². The van der Waals surface area contributed by atoms with Crippen LogP contribution >= 0.6 is 7.82 Å². The molecule has 0 rings (SSSR count). The number of esters is 2. The summed E-state index contributed by atoms with van der Waals surface area (Å²) in [6, 6.07) is 0. The smallest absolute Gasteiger partial charge is 0.474 e. The van der Waals surface area contributed by atoms with Crippen LogP contribution in [0.5, 0.6) is 0 Å². The van der Waals surface area contributed by atoms with Crippen molar-refractivity contribution in [2.45, 2.75) is 253 Å². The van der Waals surface area contributed by atoms with Gasteiger partial charge in [0.05, 0.1) is 41.0 Å². The molecule has 1 N–H and O–H groups in total. The molecule has 0 heterocycles. The van der Waals surface area contributed by atoms with E-state index < -0.39 is 13.8 Å². The number of allylic oxidation sites excluding steroid dienone is 2. The van der Waals surface area contributed by atoms with Crippen molar-refractivity contribution in [1.29, 1.82) is 0 Å². The van der Waals surface area contributed by atoms with Crippen LogP contribution in [0.25, 0.3) is 0 Å². The van der Waals surface area contributed by atoms with Crippen molar-refractivity contribution in [2.24, 2.45) is 0 Å². The number of aliphatic carboxylic acids is 1. The highest BCUT2D eigenvalue weighted by Gasteiger charge is 2.27. The Labute approximate surface area is 395 Å². The normalized spacial score (nSPS) is 12.3. The first-order valence-corrected chi connectivity index (χ1v) is 27.8. The third-order valence-electron chi connectivity index (χ3n) is 10.6. The van der Waals surface area contributed by atoms with E-state index in [9.17, 15) is 18.9 Å². The van der Waals surface area contributed by atoms with E-state index in [1.165, 1.54) is 122 Å². The van der Waals surface area contributed by atoms with Crippen molar-refractivity contribution in [2.75, 3.05) is 54.1 Å². The predicted molar refractivity (Wildman–Crippen MR) is 268 cm³/mol. The van der Waals surface area contributed by atoms with Crippen LogP contribution in [0, 0.1) is 0 Å². The molecule has 64 heavy (non-hydrogen) atoms.